The Bertz CT molecular complexity index is 310. The van der Waals surface area contributed by atoms with Gasteiger partial charge in [0.15, 0.2) is 0 Å². The minimum Gasteiger partial charge on any atom is -0.327 e. The smallest absolute Gasteiger partial charge is 0.0171 e. The summed E-state index contributed by atoms with van der Waals surface area (Å²) >= 11 is 1.80. The SMILES string of the molecule is CCCCN1CC(N)CC(Cc2ccsc2)C1. The van der Waals surface area contributed by atoms with E-state index in [-0.39, 0.29) is 0 Å². The van der Waals surface area contributed by atoms with Gasteiger partial charge in [-0.15, -0.1) is 0 Å². The molecule has 2 N–H and O–H groups in total. The first-order chi connectivity index (χ1) is 8.28. The third kappa shape index (κ3) is 4.09. The van der Waals surface area contributed by atoms with Crippen LogP contribution in [0, 0.1) is 5.92 Å². The zero-order valence-electron chi connectivity index (χ0n) is 10.8. The summed E-state index contributed by atoms with van der Waals surface area (Å²) in [5.74, 6) is 0.755. The van der Waals surface area contributed by atoms with E-state index in [1.54, 1.807) is 11.3 Å². The quantitative estimate of drug-likeness (QED) is 0.873. The lowest BCUT2D eigenvalue weighted by Gasteiger charge is -2.36. The highest BCUT2D eigenvalue weighted by Crippen LogP contribution is 2.21. The number of nitrogens with two attached hydrogens (primary N) is 1. The Morgan fingerprint density at radius 3 is 3.06 bits per heavy atom. The van der Waals surface area contributed by atoms with Crippen LogP contribution in [-0.2, 0) is 6.42 Å². The molecule has 1 aliphatic heterocycles. The van der Waals surface area contributed by atoms with E-state index in [2.05, 4.69) is 28.7 Å². The van der Waals surface area contributed by atoms with Crippen LogP contribution in [0.15, 0.2) is 16.8 Å². The first-order valence-corrected chi connectivity index (χ1v) is 7.71. The topological polar surface area (TPSA) is 29.3 Å². The van der Waals surface area contributed by atoms with Crippen molar-refractivity contribution < 1.29 is 0 Å². The van der Waals surface area contributed by atoms with Crippen LogP contribution >= 0.6 is 11.3 Å². The van der Waals surface area contributed by atoms with E-state index in [0.29, 0.717) is 6.04 Å². The second-order valence-electron chi connectivity index (χ2n) is 5.31. The van der Waals surface area contributed by atoms with Gasteiger partial charge in [0.2, 0.25) is 0 Å². The van der Waals surface area contributed by atoms with Crippen molar-refractivity contribution in [2.75, 3.05) is 19.6 Å². The maximum atomic E-state index is 6.18. The van der Waals surface area contributed by atoms with Crippen molar-refractivity contribution in [3.63, 3.8) is 0 Å². The molecule has 2 nitrogen and oxygen atoms in total. The molecule has 0 radical (unpaired) electrons. The van der Waals surface area contributed by atoms with E-state index in [4.69, 9.17) is 5.73 Å². The van der Waals surface area contributed by atoms with Gasteiger partial charge in [-0.05, 0) is 54.1 Å². The predicted octanol–water partition coefficient (Wildman–Crippen LogP) is 2.74. The first-order valence-electron chi connectivity index (χ1n) is 6.77. The average molecular weight is 252 g/mol. The number of hydrogen-bond acceptors (Lipinski definition) is 3. The summed E-state index contributed by atoms with van der Waals surface area (Å²) in [6.07, 6.45) is 4.98. The highest BCUT2D eigenvalue weighted by Gasteiger charge is 2.24. The Hall–Kier alpha value is -0.380. The molecule has 2 unspecified atom stereocenters. The van der Waals surface area contributed by atoms with Gasteiger partial charge in [0.1, 0.15) is 0 Å². The van der Waals surface area contributed by atoms with Crippen molar-refractivity contribution in [3.8, 4) is 0 Å². The zero-order chi connectivity index (χ0) is 12.1. The Morgan fingerprint density at radius 1 is 1.47 bits per heavy atom. The molecule has 17 heavy (non-hydrogen) atoms. The van der Waals surface area contributed by atoms with Gasteiger partial charge in [-0.25, -0.2) is 0 Å². The fourth-order valence-corrected chi connectivity index (χ4v) is 3.48. The van der Waals surface area contributed by atoms with Gasteiger partial charge in [0, 0.05) is 19.1 Å². The van der Waals surface area contributed by atoms with E-state index in [1.165, 1.54) is 44.3 Å². The van der Waals surface area contributed by atoms with Crippen LogP contribution in [0.4, 0.5) is 0 Å². The van der Waals surface area contributed by atoms with Crippen molar-refractivity contribution in [1.29, 1.82) is 0 Å². The van der Waals surface area contributed by atoms with Crippen LogP contribution in [0.5, 0.6) is 0 Å². The van der Waals surface area contributed by atoms with E-state index in [1.807, 2.05) is 0 Å². The molecule has 1 fully saturated rings. The molecule has 1 aromatic heterocycles. The largest absolute Gasteiger partial charge is 0.327 e. The van der Waals surface area contributed by atoms with Crippen LogP contribution in [0.1, 0.15) is 31.7 Å². The number of likely N-dealkylation sites (tertiary alicyclic amines) is 1. The summed E-state index contributed by atoms with van der Waals surface area (Å²) in [5.41, 5.74) is 7.67. The molecule has 1 aliphatic rings. The number of rotatable bonds is 5. The third-order valence-electron chi connectivity index (χ3n) is 3.58. The lowest BCUT2D eigenvalue weighted by Crippen LogP contribution is -2.47. The van der Waals surface area contributed by atoms with Crippen LogP contribution < -0.4 is 5.73 Å². The van der Waals surface area contributed by atoms with Crippen molar-refractivity contribution in [2.45, 2.75) is 38.6 Å². The molecule has 1 aromatic rings. The third-order valence-corrected chi connectivity index (χ3v) is 4.31. The normalized spacial score (nSPS) is 26.2. The molecule has 0 amide bonds. The standard InChI is InChI=1S/C14H24N2S/c1-2-3-5-16-9-13(8-14(15)10-16)7-12-4-6-17-11-12/h4,6,11,13-14H,2-3,5,7-10,15H2,1H3. The fraction of sp³-hybridized carbons (Fsp3) is 0.714. The maximum absolute atomic E-state index is 6.18. The van der Waals surface area contributed by atoms with E-state index in [9.17, 15) is 0 Å². The molecule has 96 valence electrons. The van der Waals surface area contributed by atoms with Gasteiger partial charge in [-0.1, -0.05) is 13.3 Å². The highest BCUT2D eigenvalue weighted by molar-refractivity contribution is 7.07. The maximum Gasteiger partial charge on any atom is 0.0171 e. The molecule has 2 heterocycles. The molecule has 3 heteroatoms. The zero-order valence-corrected chi connectivity index (χ0v) is 11.6. The summed E-state index contributed by atoms with van der Waals surface area (Å²) in [5, 5.41) is 4.45. The fourth-order valence-electron chi connectivity index (χ4n) is 2.80. The molecule has 1 saturated heterocycles. The molecular formula is C14H24N2S. The van der Waals surface area contributed by atoms with E-state index in [0.717, 1.165) is 12.5 Å². The van der Waals surface area contributed by atoms with Crippen LogP contribution in [-0.4, -0.2) is 30.6 Å². The Kier molecular flexibility index (Phi) is 5.01. The molecule has 0 bridgehead atoms. The van der Waals surface area contributed by atoms with Gasteiger partial charge in [0.25, 0.3) is 0 Å². The molecule has 2 atom stereocenters. The van der Waals surface area contributed by atoms with Crippen molar-refractivity contribution in [2.24, 2.45) is 11.7 Å². The van der Waals surface area contributed by atoms with Gasteiger partial charge in [-0.3, -0.25) is 0 Å². The lowest BCUT2D eigenvalue weighted by molar-refractivity contribution is 0.154. The molecule has 0 aromatic carbocycles. The predicted molar refractivity (Wildman–Crippen MR) is 75.5 cm³/mol. The lowest BCUT2D eigenvalue weighted by atomic mass is 9.90. The van der Waals surface area contributed by atoms with Crippen LogP contribution in [0.2, 0.25) is 0 Å². The van der Waals surface area contributed by atoms with Gasteiger partial charge in [-0.2, -0.15) is 11.3 Å². The highest BCUT2D eigenvalue weighted by atomic mass is 32.1. The molecular weight excluding hydrogens is 228 g/mol. The summed E-state index contributed by atoms with van der Waals surface area (Å²) in [6, 6.07) is 2.63. The Balaban J connectivity index is 1.85. The molecule has 0 saturated carbocycles. The minimum atomic E-state index is 0.379. The second kappa shape index (κ2) is 6.53. The number of unbranched alkanes of at least 4 members (excludes halogenated alkanes) is 1. The second-order valence-corrected chi connectivity index (χ2v) is 6.09. The number of piperidine rings is 1. The monoisotopic (exact) mass is 252 g/mol. The van der Waals surface area contributed by atoms with E-state index >= 15 is 0 Å². The molecule has 2 rings (SSSR count). The van der Waals surface area contributed by atoms with Crippen LogP contribution in [0.25, 0.3) is 0 Å². The van der Waals surface area contributed by atoms with Gasteiger partial charge >= 0.3 is 0 Å². The number of thiophene rings is 1. The van der Waals surface area contributed by atoms with Crippen molar-refractivity contribution in [1.82, 2.24) is 4.90 Å². The minimum absolute atomic E-state index is 0.379. The van der Waals surface area contributed by atoms with Crippen molar-refractivity contribution >= 4 is 11.3 Å². The Morgan fingerprint density at radius 2 is 2.35 bits per heavy atom. The van der Waals surface area contributed by atoms with E-state index < -0.39 is 0 Å². The Labute approximate surface area is 109 Å². The molecule has 0 spiro atoms. The van der Waals surface area contributed by atoms with Gasteiger partial charge in [0.05, 0.1) is 0 Å². The molecule has 0 aliphatic carbocycles. The summed E-state index contributed by atoms with van der Waals surface area (Å²) in [6.45, 7) is 5.82. The summed E-state index contributed by atoms with van der Waals surface area (Å²) < 4.78 is 0. The first kappa shape index (κ1) is 13.1. The average Bonchev–Trinajstić information content (AvgIpc) is 2.78. The van der Waals surface area contributed by atoms with Crippen molar-refractivity contribution in [3.05, 3.63) is 22.4 Å². The summed E-state index contributed by atoms with van der Waals surface area (Å²) in [4.78, 5) is 2.56. The number of hydrogen-bond donors (Lipinski definition) is 1. The van der Waals surface area contributed by atoms with Crippen LogP contribution in [0.3, 0.4) is 0 Å². The number of nitrogens with zero attached hydrogens (tertiary/aromatic N) is 1. The van der Waals surface area contributed by atoms with Gasteiger partial charge < -0.3 is 10.6 Å². The summed E-state index contributed by atoms with van der Waals surface area (Å²) in [7, 11) is 0.